The Morgan fingerprint density at radius 3 is 2.50 bits per heavy atom. The summed E-state index contributed by atoms with van der Waals surface area (Å²) >= 11 is 0. The summed E-state index contributed by atoms with van der Waals surface area (Å²) in [5, 5.41) is 17.7. The lowest BCUT2D eigenvalue weighted by Gasteiger charge is -2.14. The van der Waals surface area contributed by atoms with Crippen LogP contribution in [-0.2, 0) is 11.3 Å². The zero-order chi connectivity index (χ0) is 23.0. The highest BCUT2D eigenvalue weighted by Crippen LogP contribution is 2.26. The summed E-state index contributed by atoms with van der Waals surface area (Å²) in [6.07, 6.45) is 1.82. The molecule has 1 heterocycles. The number of nitrogens with zero attached hydrogens (tertiary/aromatic N) is 2. The second-order valence-electron chi connectivity index (χ2n) is 8.80. The zero-order valence-corrected chi connectivity index (χ0v) is 20.0. The van der Waals surface area contributed by atoms with Crippen molar-refractivity contribution < 1.29 is 14.6 Å². The Kier molecular flexibility index (Phi) is 8.27. The number of aromatic nitrogens is 1. The van der Waals surface area contributed by atoms with Gasteiger partial charge in [-0.3, -0.25) is 9.98 Å². The number of hydrogen-bond donors (Lipinski definition) is 2. The molecule has 0 aliphatic rings. The van der Waals surface area contributed by atoms with Crippen molar-refractivity contribution in [2.24, 2.45) is 4.99 Å². The number of rotatable bonds is 11. The summed E-state index contributed by atoms with van der Waals surface area (Å²) in [5.41, 5.74) is 3.24. The highest BCUT2D eigenvalue weighted by molar-refractivity contribution is 6.76. The van der Waals surface area contributed by atoms with Gasteiger partial charge in [0.15, 0.2) is 0 Å². The highest BCUT2D eigenvalue weighted by Gasteiger charge is 2.12. The van der Waals surface area contributed by atoms with Crippen LogP contribution < -0.4 is 4.74 Å². The molecule has 168 valence electrons. The number of fused-ring (bicyclic) bond motifs is 1. The minimum absolute atomic E-state index is 0.0750. The van der Waals surface area contributed by atoms with E-state index in [1.807, 2.05) is 48.5 Å². The van der Waals surface area contributed by atoms with Gasteiger partial charge in [0.25, 0.3) is 0 Å². The molecule has 2 aromatic carbocycles. The van der Waals surface area contributed by atoms with Crippen molar-refractivity contribution in [3.05, 3.63) is 65.9 Å². The van der Waals surface area contributed by atoms with Gasteiger partial charge in [-0.1, -0.05) is 25.7 Å². The van der Waals surface area contributed by atoms with Crippen LogP contribution in [0.2, 0.25) is 25.7 Å². The van der Waals surface area contributed by atoms with Crippen LogP contribution in [0.25, 0.3) is 10.9 Å². The van der Waals surface area contributed by atoms with Crippen LogP contribution in [0.4, 0.5) is 0 Å². The van der Waals surface area contributed by atoms with Gasteiger partial charge in [-0.2, -0.15) is 0 Å². The average molecular weight is 450 g/mol. The predicted octanol–water partition coefficient (Wildman–Crippen LogP) is 5.66. The quantitative estimate of drug-likeness (QED) is 0.225. The fraction of sp³-hybridized carbons (Fsp3) is 0.320. The first-order valence-corrected chi connectivity index (χ1v) is 14.5. The number of nitrogens with one attached hydrogen (secondary N) is 1. The van der Waals surface area contributed by atoms with E-state index in [0.717, 1.165) is 34.8 Å². The molecule has 6 nitrogen and oxygen atoms in total. The Hall–Kier alpha value is -2.87. The fourth-order valence-corrected chi connectivity index (χ4v) is 3.84. The molecule has 2 N–H and O–H groups in total. The third kappa shape index (κ3) is 7.08. The summed E-state index contributed by atoms with van der Waals surface area (Å²) in [4.78, 5) is 8.95. The largest absolute Gasteiger partial charge is 0.457 e. The molecule has 32 heavy (non-hydrogen) atoms. The van der Waals surface area contributed by atoms with Crippen molar-refractivity contribution in [2.75, 3.05) is 13.3 Å². The van der Waals surface area contributed by atoms with Crippen molar-refractivity contribution >= 4 is 30.9 Å². The molecule has 1 aromatic heterocycles. The third-order valence-electron chi connectivity index (χ3n) is 4.94. The van der Waals surface area contributed by atoms with E-state index < -0.39 is 8.07 Å². The van der Waals surface area contributed by atoms with Crippen LogP contribution in [0.1, 0.15) is 17.7 Å². The fourth-order valence-electron chi connectivity index (χ4n) is 3.09. The Balaban J connectivity index is 1.65. The molecule has 0 aliphatic carbocycles. The summed E-state index contributed by atoms with van der Waals surface area (Å²) in [7, 11) is -1.11. The van der Waals surface area contributed by atoms with E-state index in [2.05, 4.69) is 29.6 Å². The number of pyridine rings is 1. The maximum Gasteiger partial charge on any atom is 0.137 e. The van der Waals surface area contributed by atoms with Crippen LogP contribution in [0, 0.1) is 5.41 Å². The lowest BCUT2D eigenvalue weighted by atomic mass is 10.1. The Morgan fingerprint density at radius 1 is 1.06 bits per heavy atom. The molecule has 0 atom stereocenters. The van der Waals surface area contributed by atoms with Crippen molar-refractivity contribution in [2.45, 2.75) is 38.7 Å². The van der Waals surface area contributed by atoms with Gasteiger partial charge in [-0.05, 0) is 60.1 Å². The molecule has 0 unspecified atom stereocenters. The highest BCUT2D eigenvalue weighted by atomic mass is 28.3. The minimum atomic E-state index is -1.11. The standard InChI is InChI=1S/C25H31N3O3Si/c1-32(2,3)15-14-30-18-27-24(12-13-26)19-5-8-22(9-6-19)31-23-10-11-25-20(16-23)4-7-21(17-29)28-25/h4-11,13,16,26,29H,12,14-15,17-18H2,1-3H3. The maximum absolute atomic E-state index is 9.23. The summed E-state index contributed by atoms with van der Waals surface area (Å²) in [6.45, 7) is 7.94. The predicted molar refractivity (Wildman–Crippen MR) is 133 cm³/mol. The van der Waals surface area contributed by atoms with Crippen molar-refractivity contribution in [1.82, 2.24) is 4.98 Å². The number of aliphatic imine (C=N–C) groups is 1. The topological polar surface area (TPSA) is 87.8 Å². The van der Waals surface area contributed by atoms with Gasteiger partial charge in [-0.15, -0.1) is 0 Å². The van der Waals surface area contributed by atoms with Crippen LogP contribution in [-0.4, -0.2) is 43.4 Å². The Morgan fingerprint density at radius 2 is 1.81 bits per heavy atom. The molecule has 0 fully saturated rings. The van der Waals surface area contributed by atoms with Gasteiger partial charge in [0.05, 0.1) is 23.5 Å². The van der Waals surface area contributed by atoms with Crippen molar-refractivity contribution in [3.8, 4) is 11.5 Å². The molecule has 7 heteroatoms. The molecular formula is C25H31N3O3Si. The van der Waals surface area contributed by atoms with E-state index in [-0.39, 0.29) is 6.61 Å². The molecule has 0 amide bonds. The van der Waals surface area contributed by atoms with Crippen LogP contribution in [0.3, 0.4) is 0 Å². The third-order valence-corrected chi connectivity index (χ3v) is 6.65. The molecule has 0 saturated carbocycles. The number of ether oxygens (including phenoxy) is 2. The molecule has 0 saturated heterocycles. The van der Waals surface area contributed by atoms with Crippen molar-refractivity contribution in [1.29, 1.82) is 5.41 Å². The van der Waals surface area contributed by atoms with Gasteiger partial charge >= 0.3 is 0 Å². The van der Waals surface area contributed by atoms with E-state index in [4.69, 9.17) is 14.9 Å². The first kappa shape index (κ1) is 23.8. The monoisotopic (exact) mass is 449 g/mol. The minimum Gasteiger partial charge on any atom is -0.457 e. The lowest BCUT2D eigenvalue weighted by Crippen LogP contribution is -2.21. The molecule has 0 spiro atoms. The molecule has 0 aliphatic heterocycles. The molecule has 3 aromatic rings. The Labute approximate surface area is 190 Å². The normalized spacial score (nSPS) is 12.2. The van der Waals surface area contributed by atoms with Crippen molar-refractivity contribution in [3.63, 3.8) is 0 Å². The number of aliphatic hydroxyl groups is 1. The number of hydrogen-bond acceptors (Lipinski definition) is 6. The van der Waals surface area contributed by atoms with E-state index in [0.29, 0.717) is 30.3 Å². The number of benzene rings is 2. The van der Waals surface area contributed by atoms with Gasteiger partial charge in [0, 0.05) is 32.7 Å². The van der Waals surface area contributed by atoms with Gasteiger partial charge in [-0.25, -0.2) is 0 Å². The molecule has 0 radical (unpaired) electrons. The summed E-state index contributed by atoms with van der Waals surface area (Å²) in [5.74, 6) is 1.43. The Bertz CT molecular complexity index is 1080. The second kappa shape index (κ2) is 11.1. The smallest absolute Gasteiger partial charge is 0.137 e. The van der Waals surface area contributed by atoms with Gasteiger partial charge in [0.2, 0.25) is 0 Å². The molecular weight excluding hydrogens is 418 g/mol. The van der Waals surface area contributed by atoms with E-state index in [9.17, 15) is 5.11 Å². The second-order valence-corrected chi connectivity index (χ2v) is 14.4. The van der Waals surface area contributed by atoms with E-state index in [1.165, 1.54) is 6.21 Å². The summed E-state index contributed by atoms with van der Waals surface area (Å²) in [6, 6.07) is 18.2. The first-order chi connectivity index (χ1) is 15.4. The first-order valence-electron chi connectivity index (χ1n) is 10.8. The van der Waals surface area contributed by atoms with E-state index in [1.54, 1.807) is 6.07 Å². The average Bonchev–Trinajstić information content (AvgIpc) is 2.77. The SMILES string of the molecule is C[Si](C)(C)CCOCN=C(CC=N)c1ccc(Oc2ccc3nc(CO)ccc3c2)cc1. The number of aliphatic hydroxyl groups excluding tert-OH is 1. The lowest BCUT2D eigenvalue weighted by molar-refractivity contribution is 0.155. The maximum atomic E-state index is 9.23. The molecule has 3 rings (SSSR count). The zero-order valence-electron chi connectivity index (χ0n) is 19.0. The van der Waals surface area contributed by atoms with Gasteiger partial charge in [0.1, 0.15) is 18.2 Å². The van der Waals surface area contributed by atoms with E-state index >= 15 is 0 Å². The van der Waals surface area contributed by atoms with Crippen LogP contribution >= 0.6 is 0 Å². The van der Waals surface area contributed by atoms with Gasteiger partial charge < -0.3 is 20.0 Å². The van der Waals surface area contributed by atoms with Crippen LogP contribution in [0.15, 0.2) is 59.6 Å². The summed E-state index contributed by atoms with van der Waals surface area (Å²) < 4.78 is 11.7. The van der Waals surface area contributed by atoms with Crippen LogP contribution in [0.5, 0.6) is 11.5 Å². The molecule has 0 bridgehead atoms.